The molecule has 3 aromatic rings. The molecule has 1 amide bonds. The highest BCUT2D eigenvalue weighted by atomic mass is 79.9. The third kappa shape index (κ3) is 4.39. The second-order valence-corrected chi connectivity index (χ2v) is 7.75. The molecule has 0 unspecified atom stereocenters. The largest absolute Gasteiger partial charge is 0.383 e. The molecule has 0 saturated heterocycles. The minimum Gasteiger partial charge on any atom is -0.383 e. The first kappa shape index (κ1) is 18.3. The van der Waals surface area contributed by atoms with Gasteiger partial charge in [0.15, 0.2) is 4.80 Å². The summed E-state index contributed by atoms with van der Waals surface area (Å²) in [5.41, 5.74) is 1.82. The van der Waals surface area contributed by atoms with Crippen molar-refractivity contribution in [3.63, 3.8) is 0 Å². The zero-order chi connectivity index (χ0) is 17.8. The van der Waals surface area contributed by atoms with E-state index < -0.39 is 0 Å². The number of aromatic nitrogens is 1. The number of halogens is 2. The zero-order valence-electron chi connectivity index (χ0n) is 13.5. The van der Waals surface area contributed by atoms with Gasteiger partial charge in [0.25, 0.3) is 5.91 Å². The van der Waals surface area contributed by atoms with E-state index in [1.165, 1.54) is 11.3 Å². The molecule has 0 aliphatic carbocycles. The number of benzene rings is 2. The summed E-state index contributed by atoms with van der Waals surface area (Å²) in [7, 11) is 1.66. The number of carbonyl (C=O) groups excluding carboxylic acids is 1. The van der Waals surface area contributed by atoms with Gasteiger partial charge < -0.3 is 9.30 Å². The Labute approximate surface area is 162 Å². The Hall–Kier alpha value is -1.47. The SMILES string of the molecule is COCCn1c(=NC(=O)Cc2ccccc2Cl)sc2cc(Br)ccc21. The lowest BCUT2D eigenvalue weighted by Crippen LogP contribution is -2.19. The van der Waals surface area contributed by atoms with Crippen LogP contribution in [0.4, 0.5) is 0 Å². The summed E-state index contributed by atoms with van der Waals surface area (Å²) in [5.74, 6) is -0.218. The van der Waals surface area contributed by atoms with Gasteiger partial charge in [-0.15, -0.1) is 0 Å². The van der Waals surface area contributed by atoms with Gasteiger partial charge in [-0.3, -0.25) is 4.79 Å². The van der Waals surface area contributed by atoms with Crippen LogP contribution in [0.3, 0.4) is 0 Å². The summed E-state index contributed by atoms with van der Waals surface area (Å²) in [4.78, 5) is 17.4. The molecule has 0 radical (unpaired) electrons. The quantitative estimate of drug-likeness (QED) is 0.590. The number of amides is 1. The second kappa shape index (κ2) is 8.27. The van der Waals surface area contributed by atoms with Crippen LogP contribution in [0, 0.1) is 0 Å². The number of ether oxygens (including phenoxy) is 1. The smallest absolute Gasteiger partial charge is 0.252 e. The third-order valence-electron chi connectivity index (χ3n) is 3.68. The van der Waals surface area contributed by atoms with Gasteiger partial charge in [-0.05, 0) is 29.8 Å². The summed E-state index contributed by atoms with van der Waals surface area (Å²) >= 11 is 11.1. The van der Waals surface area contributed by atoms with Crippen molar-refractivity contribution < 1.29 is 9.53 Å². The van der Waals surface area contributed by atoms with Crippen LogP contribution in [-0.2, 0) is 22.5 Å². The molecule has 1 heterocycles. The molecule has 0 bridgehead atoms. The molecule has 25 heavy (non-hydrogen) atoms. The number of rotatable bonds is 5. The molecule has 2 aromatic carbocycles. The molecule has 0 aliphatic heterocycles. The van der Waals surface area contributed by atoms with Gasteiger partial charge in [-0.1, -0.05) is 57.1 Å². The standard InChI is InChI=1S/C18H16BrClN2O2S/c1-24-9-8-22-15-7-6-13(19)11-16(15)25-18(22)21-17(23)10-12-4-2-3-5-14(12)20/h2-7,11H,8-10H2,1H3. The Morgan fingerprint density at radius 3 is 2.88 bits per heavy atom. The van der Waals surface area contributed by atoms with Crippen LogP contribution in [0.1, 0.15) is 5.56 Å². The fourth-order valence-electron chi connectivity index (χ4n) is 2.48. The summed E-state index contributed by atoms with van der Waals surface area (Å²) in [6.07, 6.45) is 0.182. The van der Waals surface area contributed by atoms with Gasteiger partial charge in [-0.2, -0.15) is 4.99 Å². The van der Waals surface area contributed by atoms with Crippen molar-refractivity contribution in [1.82, 2.24) is 4.57 Å². The summed E-state index contributed by atoms with van der Waals surface area (Å²) < 4.78 is 9.26. The number of thiazole rings is 1. The summed E-state index contributed by atoms with van der Waals surface area (Å²) in [5, 5.41) is 0.582. The van der Waals surface area contributed by atoms with Crippen molar-refractivity contribution in [2.24, 2.45) is 4.99 Å². The Bertz CT molecular complexity index is 981. The number of carbonyl (C=O) groups is 1. The van der Waals surface area contributed by atoms with E-state index in [4.69, 9.17) is 16.3 Å². The van der Waals surface area contributed by atoms with Crippen molar-refractivity contribution in [2.75, 3.05) is 13.7 Å². The first-order valence-electron chi connectivity index (χ1n) is 7.67. The van der Waals surface area contributed by atoms with E-state index in [1.807, 2.05) is 41.0 Å². The maximum Gasteiger partial charge on any atom is 0.252 e. The molecule has 0 saturated carbocycles. The number of methoxy groups -OCH3 is 1. The van der Waals surface area contributed by atoms with E-state index in [0.717, 1.165) is 20.3 Å². The summed E-state index contributed by atoms with van der Waals surface area (Å²) in [6, 6.07) is 13.4. The van der Waals surface area contributed by atoms with E-state index in [1.54, 1.807) is 13.2 Å². The number of nitrogens with zero attached hydrogens (tertiary/aromatic N) is 2. The third-order valence-corrected chi connectivity index (χ3v) is 5.59. The van der Waals surface area contributed by atoms with Gasteiger partial charge in [0, 0.05) is 23.1 Å². The van der Waals surface area contributed by atoms with Crippen LogP contribution >= 0.6 is 38.9 Å². The van der Waals surface area contributed by atoms with Gasteiger partial charge in [0.1, 0.15) is 0 Å². The highest BCUT2D eigenvalue weighted by molar-refractivity contribution is 9.10. The van der Waals surface area contributed by atoms with Gasteiger partial charge in [-0.25, -0.2) is 0 Å². The van der Waals surface area contributed by atoms with Crippen molar-refractivity contribution >= 4 is 55.0 Å². The fourth-order valence-corrected chi connectivity index (χ4v) is 4.31. The van der Waals surface area contributed by atoms with Gasteiger partial charge in [0.05, 0.1) is 23.2 Å². The molecule has 7 heteroatoms. The van der Waals surface area contributed by atoms with E-state index in [-0.39, 0.29) is 12.3 Å². The molecule has 0 N–H and O–H groups in total. The van der Waals surface area contributed by atoms with Gasteiger partial charge >= 0.3 is 0 Å². The lowest BCUT2D eigenvalue weighted by atomic mass is 10.1. The Balaban J connectivity index is 1.99. The van der Waals surface area contributed by atoms with E-state index in [2.05, 4.69) is 20.9 Å². The Kier molecular flexibility index (Phi) is 6.06. The predicted octanol–water partition coefficient (Wildman–Crippen LogP) is 4.44. The van der Waals surface area contributed by atoms with Crippen molar-refractivity contribution in [1.29, 1.82) is 0 Å². The van der Waals surface area contributed by atoms with Crippen LogP contribution in [0.25, 0.3) is 10.2 Å². The fraction of sp³-hybridized carbons (Fsp3) is 0.222. The van der Waals surface area contributed by atoms with Crippen molar-refractivity contribution in [3.8, 4) is 0 Å². The first-order chi connectivity index (χ1) is 12.1. The number of hydrogen-bond acceptors (Lipinski definition) is 3. The van der Waals surface area contributed by atoms with E-state index in [9.17, 15) is 4.79 Å². The minimum atomic E-state index is -0.218. The molecular formula is C18H16BrClN2O2S. The summed E-state index contributed by atoms with van der Waals surface area (Å²) in [6.45, 7) is 1.18. The van der Waals surface area contributed by atoms with Crippen LogP contribution < -0.4 is 4.80 Å². The lowest BCUT2D eigenvalue weighted by Gasteiger charge is -2.04. The number of fused-ring (bicyclic) bond motifs is 1. The molecule has 1 aromatic heterocycles. The average Bonchev–Trinajstić information content (AvgIpc) is 2.91. The van der Waals surface area contributed by atoms with Crippen LogP contribution in [0.15, 0.2) is 51.9 Å². The number of hydrogen-bond donors (Lipinski definition) is 0. The highest BCUT2D eigenvalue weighted by Crippen LogP contribution is 2.22. The normalized spacial score (nSPS) is 12.0. The molecule has 0 fully saturated rings. The van der Waals surface area contributed by atoms with Gasteiger partial charge in [0.2, 0.25) is 0 Å². The highest BCUT2D eigenvalue weighted by Gasteiger charge is 2.10. The monoisotopic (exact) mass is 438 g/mol. The molecular weight excluding hydrogens is 424 g/mol. The molecule has 3 rings (SSSR count). The Morgan fingerprint density at radius 2 is 2.12 bits per heavy atom. The Morgan fingerprint density at radius 1 is 1.32 bits per heavy atom. The van der Waals surface area contributed by atoms with Crippen molar-refractivity contribution in [2.45, 2.75) is 13.0 Å². The average molecular weight is 440 g/mol. The maximum absolute atomic E-state index is 12.4. The molecule has 4 nitrogen and oxygen atoms in total. The minimum absolute atomic E-state index is 0.182. The lowest BCUT2D eigenvalue weighted by molar-refractivity contribution is -0.117. The molecule has 0 aliphatic rings. The van der Waals surface area contributed by atoms with Crippen LogP contribution in [0.5, 0.6) is 0 Å². The van der Waals surface area contributed by atoms with E-state index >= 15 is 0 Å². The zero-order valence-corrected chi connectivity index (χ0v) is 16.7. The predicted molar refractivity (Wildman–Crippen MR) is 105 cm³/mol. The van der Waals surface area contributed by atoms with Crippen LogP contribution in [-0.4, -0.2) is 24.2 Å². The molecule has 130 valence electrons. The van der Waals surface area contributed by atoms with Crippen LogP contribution in [0.2, 0.25) is 5.02 Å². The second-order valence-electron chi connectivity index (χ2n) is 5.41. The molecule has 0 spiro atoms. The van der Waals surface area contributed by atoms with E-state index in [0.29, 0.717) is 23.0 Å². The van der Waals surface area contributed by atoms with Crippen molar-refractivity contribution in [3.05, 3.63) is 62.3 Å². The maximum atomic E-state index is 12.4. The first-order valence-corrected chi connectivity index (χ1v) is 9.66. The topological polar surface area (TPSA) is 43.6 Å². The molecule has 0 atom stereocenters.